The Morgan fingerprint density at radius 1 is 1.32 bits per heavy atom. The van der Waals surface area contributed by atoms with Gasteiger partial charge in [-0.15, -0.1) is 0 Å². The normalized spacial score (nSPS) is 12.9. The van der Waals surface area contributed by atoms with Crippen LogP contribution in [-0.4, -0.2) is 42.3 Å². The average Bonchev–Trinajstić information content (AvgIpc) is 2.36. The maximum atomic E-state index is 11.0. The van der Waals surface area contributed by atoms with Crippen molar-refractivity contribution in [2.45, 2.75) is 32.4 Å². The third-order valence-corrected chi connectivity index (χ3v) is 2.98. The van der Waals surface area contributed by atoms with Crippen molar-refractivity contribution in [3.8, 4) is 0 Å². The van der Waals surface area contributed by atoms with Crippen LogP contribution in [0.1, 0.15) is 31.9 Å². The zero-order valence-corrected chi connectivity index (χ0v) is 11.9. The lowest BCUT2D eigenvalue weighted by molar-refractivity contribution is -0.138. The molecule has 0 saturated heterocycles. The fourth-order valence-corrected chi connectivity index (χ4v) is 1.96. The number of hydrogen-bond acceptors (Lipinski definition) is 3. The molecule has 0 aromatic heterocycles. The van der Waals surface area contributed by atoms with Crippen LogP contribution in [0.4, 0.5) is 0 Å². The van der Waals surface area contributed by atoms with Gasteiger partial charge < -0.3 is 9.84 Å². The van der Waals surface area contributed by atoms with Crippen LogP contribution in [0, 0.1) is 0 Å². The van der Waals surface area contributed by atoms with E-state index in [0.717, 1.165) is 5.56 Å². The Labute approximate surface area is 115 Å². The lowest BCUT2D eigenvalue weighted by Gasteiger charge is -2.27. The van der Waals surface area contributed by atoms with E-state index >= 15 is 0 Å². The Morgan fingerprint density at radius 2 is 1.95 bits per heavy atom. The summed E-state index contributed by atoms with van der Waals surface area (Å²) in [7, 11) is 1.93. The van der Waals surface area contributed by atoms with Gasteiger partial charge in [0.25, 0.3) is 0 Å². The molecular formula is C15H23NO3. The molecule has 0 amide bonds. The zero-order valence-electron chi connectivity index (χ0n) is 11.9. The van der Waals surface area contributed by atoms with Crippen LogP contribution in [0.15, 0.2) is 30.3 Å². The highest BCUT2D eigenvalue weighted by Gasteiger charge is 2.19. The van der Waals surface area contributed by atoms with Gasteiger partial charge in [-0.1, -0.05) is 30.3 Å². The number of benzene rings is 1. The van der Waals surface area contributed by atoms with Crippen LogP contribution in [-0.2, 0) is 9.53 Å². The molecule has 0 bridgehead atoms. The highest BCUT2D eigenvalue weighted by Crippen LogP contribution is 2.22. The molecule has 1 unspecified atom stereocenters. The topological polar surface area (TPSA) is 49.8 Å². The lowest BCUT2D eigenvalue weighted by atomic mass is 10.0. The van der Waals surface area contributed by atoms with E-state index in [9.17, 15) is 4.79 Å². The van der Waals surface area contributed by atoms with Gasteiger partial charge in [0.05, 0.1) is 19.1 Å². The Morgan fingerprint density at radius 3 is 2.47 bits per heavy atom. The second kappa shape index (κ2) is 7.92. The van der Waals surface area contributed by atoms with Crippen LogP contribution < -0.4 is 0 Å². The SMILES string of the molecule is CC(C)OCCN(C)C(CC(=O)O)c1ccccc1. The first kappa shape index (κ1) is 15.7. The van der Waals surface area contributed by atoms with Crippen LogP contribution >= 0.6 is 0 Å². The number of carboxylic acids is 1. The zero-order chi connectivity index (χ0) is 14.3. The monoisotopic (exact) mass is 265 g/mol. The van der Waals surface area contributed by atoms with Crippen LogP contribution in [0.3, 0.4) is 0 Å². The maximum absolute atomic E-state index is 11.0. The predicted molar refractivity (Wildman–Crippen MR) is 75.2 cm³/mol. The quantitative estimate of drug-likeness (QED) is 0.785. The minimum Gasteiger partial charge on any atom is -0.481 e. The van der Waals surface area contributed by atoms with Crippen molar-refractivity contribution in [3.05, 3.63) is 35.9 Å². The molecule has 19 heavy (non-hydrogen) atoms. The highest BCUT2D eigenvalue weighted by atomic mass is 16.5. The first-order valence-electron chi connectivity index (χ1n) is 6.59. The van der Waals surface area contributed by atoms with Crippen LogP contribution in [0.2, 0.25) is 0 Å². The number of carboxylic acid groups (broad SMARTS) is 1. The molecule has 1 aromatic carbocycles. The number of hydrogen-bond donors (Lipinski definition) is 1. The molecule has 0 saturated carbocycles. The number of ether oxygens (including phenoxy) is 1. The summed E-state index contributed by atoms with van der Waals surface area (Å²) >= 11 is 0. The molecule has 4 heteroatoms. The molecule has 1 atom stereocenters. The number of nitrogens with zero attached hydrogens (tertiary/aromatic N) is 1. The summed E-state index contributed by atoms with van der Waals surface area (Å²) in [6, 6.07) is 9.62. The second-order valence-electron chi connectivity index (χ2n) is 4.92. The molecule has 1 N–H and O–H groups in total. The second-order valence-corrected chi connectivity index (χ2v) is 4.92. The summed E-state index contributed by atoms with van der Waals surface area (Å²) in [6.45, 7) is 5.31. The fraction of sp³-hybridized carbons (Fsp3) is 0.533. The van der Waals surface area contributed by atoms with E-state index in [1.165, 1.54) is 0 Å². The highest BCUT2D eigenvalue weighted by molar-refractivity contribution is 5.67. The molecule has 106 valence electrons. The van der Waals surface area contributed by atoms with E-state index < -0.39 is 5.97 Å². The Kier molecular flexibility index (Phi) is 6.53. The number of aliphatic carboxylic acids is 1. The van der Waals surface area contributed by atoms with Gasteiger partial charge in [0.2, 0.25) is 0 Å². The van der Waals surface area contributed by atoms with E-state index in [-0.39, 0.29) is 18.6 Å². The van der Waals surface area contributed by atoms with Gasteiger partial charge in [-0.05, 0) is 26.5 Å². The van der Waals surface area contributed by atoms with Crippen molar-refractivity contribution >= 4 is 5.97 Å². The molecule has 1 aromatic rings. The van der Waals surface area contributed by atoms with Gasteiger partial charge in [0.15, 0.2) is 0 Å². The summed E-state index contributed by atoms with van der Waals surface area (Å²) in [6.07, 6.45) is 0.297. The molecular weight excluding hydrogens is 242 g/mol. The molecule has 0 heterocycles. The van der Waals surface area contributed by atoms with Gasteiger partial charge in [0, 0.05) is 12.6 Å². The number of rotatable bonds is 8. The molecule has 4 nitrogen and oxygen atoms in total. The van der Waals surface area contributed by atoms with Crippen LogP contribution in [0.5, 0.6) is 0 Å². The smallest absolute Gasteiger partial charge is 0.305 e. The minimum absolute atomic E-state index is 0.0994. The van der Waals surface area contributed by atoms with Gasteiger partial charge in [-0.3, -0.25) is 9.69 Å². The van der Waals surface area contributed by atoms with Crippen molar-refractivity contribution in [1.29, 1.82) is 0 Å². The molecule has 0 aliphatic rings. The van der Waals surface area contributed by atoms with Crippen molar-refractivity contribution in [1.82, 2.24) is 4.90 Å². The van der Waals surface area contributed by atoms with Crippen molar-refractivity contribution in [2.24, 2.45) is 0 Å². The van der Waals surface area contributed by atoms with Gasteiger partial charge in [-0.2, -0.15) is 0 Å². The summed E-state index contributed by atoms with van der Waals surface area (Å²) in [5.74, 6) is -0.787. The number of likely N-dealkylation sites (N-methyl/N-ethyl adjacent to an activating group) is 1. The first-order chi connectivity index (χ1) is 9.00. The summed E-state index contributed by atoms with van der Waals surface area (Å²) < 4.78 is 5.51. The molecule has 0 aliphatic carbocycles. The van der Waals surface area contributed by atoms with E-state index in [1.807, 2.05) is 56.1 Å². The largest absolute Gasteiger partial charge is 0.481 e. The average molecular weight is 265 g/mol. The fourth-order valence-electron chi connectivity index (χ4n) is 1.96. The summed E-state index contributed by atoms with van der Waals surface area (Å²) in [4.78, 5) is 13.0. The predicted octanol–water partition coefficient (Wildman–Crippen LogP) is 2.56. The molecule has 0 aliphatic heterocycles. The maximum Gasteiger partial charge on any atom is 0.305 e. The van der Waals surface area contributed by atoms with Crippen LogP contribution in [0.25, 0.3) is 0 Å². The van der Waals surface area contributed by atoms with Crippen molar-refractivity contribution in [3.63, 3.8) is 0 Å². The lowest BCUT2D eigenvalue weighted by Crippen LogP contribution is -2.30. The van der Waals surface area contributed by atoms with Crippen molar-refractivity contribution < 1.29 is 14.6 Å². The third-order valence-electron chi connectivity index (χ3n) is 2.98. The summed E-state index contributed by atoms with van der Waals surface area (Å²) in [5.41, 5.74) is 1.02. The van der Waals surface area contributed by atoms with E-state index in [0.29, 0.717) is 13.2 Å². The first-order valence-corrected chi connectivity index (χ1v) is 6.59. The van der Waals surface area contributed by atoms with Gasteiger partial charge in [-0.25, -0.2) is 0 Å². The van der Waals surface area contributed by atoms with E-state index in [1.54, 1.807) is 0 Å². The minimum atomic E-state index is -0.787. The standard InChI is InChI=1S/C15H23NO3/c1-12(2)19-10-9-16(3)14(11-15(17)18)13-7-5-4-6-8-13/h4-8,12,14H,9-11H2,1-3H3,(H,17,18). The molecule has 0 fully saturated rings. The van der Waals surface area contributed by atoms with E-state index in [2.05, 4.69) is 0 Å². The van der Waals surface area contributed by atoms with Crippen molar-refractivity contribution in [2.75, 3.05) is 20.2 Å². The third kappa shape index (κ3) is 5.85. The Hall–Kier alpha value is -1.39. The summed E-state index contributed by atoms with van der Waals surface area (Å²) in [5, 5.41) is 9.05. The Bertz CT molecular complexity index is 378. The molecule has 0 spiro atoms. The number of carbonyl (C=O) groups is 1. The molecule has 0 radical (unpaired) electrons. The van der Waals surface area contributed by atoms with E-state index in [4.69, 9.17) is 9.84 Å². The van der Waals surface area contributed by atoms with Gasteiger partial charge in [0.1, 0.15) is 0 Å². The molecule has 1 rings (SSSR count). The van der Waals surface area contributed by atoms with Gasteiger partial charge >= 0.3 is 5.97 Å². The Balaban J connectivity index is 2.66.